The average Bonchev–Trinajstić information content (AvgIpc) is 2.67. The SMILES string of the molecule is CCC(=O)C(CCCCCCC(=O)O)CCCC(O)COc1ccc(F)cc1. The largest absolute Gasteiger partial charge is 0.491 e. The number of aliphatic hydroxyl groups is 1. The minimum Gasteiger partial charge on any atom is -0.491 e. The zero-order chi connectivity index (χ0) is 20.8. The highest BCUT2D eigenvalue weighted by molar-refractivity contribution is 5.80. The molecule has 0 aliphatic rings. The fourth-order valence-corrected chi connectivity index (χ4v) is 3.18. The number of rotatable bonds is 16. The van der Waals surface area contributed by atoms with Crippen molar-refractivity contribution in [3.63, 3.8) is 0 Å². The molecule has 28 heavy (non-hydrogen) atoms. The van der Waals surface area contributed by atoms with Crippen LogP contribution in [0.1, 0.15) is 71.1 Å². The summed E-state index contributed by atoms with van der Waals surface area (Å²) in [4.78, 5) is 22.6. The van der Waals surface area contributed by atoms with Gasteiger partial charge in [0.25, 0.3) is 0 Å². The number of carbonyl (C=O) groups is 2. The Kier molecular flexibility index (Phi) is 12.1. The molecule has 158 valence electrons. The summed E-state index contributed by atoms with van der Waals surface area (Å²) in [5.74, 6) is -0.318. The molecular weight excluding hydrogens is 363 g/mol. The predicted octanol–water partition coefficient (Wildman–Crippen LogP) is 4.76. The normalized spacial score (nSPS) is 13.1. The molecule has 6 heteroatoms. The molecule has 0 saturated carbocycles. The van der Waals surface area contributed by atoms with Crippen LogP contribution >= 0.6 is 0 Å². The van der Waals surface area contributed by atoms with Crippen molar-refractivity contribution in [2.24, 2.45) is 5.92 Å². The van der Waals surface area contributed by atoms with Gasteiger partial charge < -0.3 is 14.9 Å². The number of ketones is 1. The van der Waals surface area contributed by atoms with Gasteiger partial charge in [-0.1, -0.05) is 32.6 Å². The maximum atomic E-state index is 12.8. The summed E-state index contributed by atoms with van der Waals surface area (Å²) >= 11 is 0. The van der Waals surface area contributed by atoms with Gasteiger partial charge in [0.2, 0.25) is 0 Å². The van der Waals surface area contributed by atoms with E-state index in [9.17, 15) is 19.1 Å². The molecule has 0 fully saturated rings. The van der Waals surface area contributed by atoms with Gasteiger partial charge in [-0.25, -0.2) is 4.39 Å². The first-order valence-electron chi connectivity index (χ1n) is 10.2. The van der Waals surface area contributed by atoms with Gasteiger partial charge in [-0.05, 0) is 49.9 Å². The van der Waals surface area contributed by atoms with E-state index in [1.54, 1.807) is 0 Å². The van der Waals surface area contributed by atoms with Crippen molar-refractivity contribution in [1.29, 1.82) is 0 Å². The summed E-state index contributed by atoms with van der Waals surface area (Å²) in [5, 5.41) is 18.7. The molecule has 0 radical (unpaired) electrons. The van der Waals surface area contributed by atoms with E-state index in [1.165, 1.54) is 24.3 Å². The summed E-state index contributed by atoms with van der Waals surface area (Å²) < 4.78 is 18.3. The lowest BCUT2D eigenvalue weighted by Gasteiger charge is -2.17. The number of carboxylic acid groups (broad SMARTS) is 1. The first-order chi connectivity index (χ1) is 13.4. The number of unbranched alkanes of at least 4 members (excludes halogenated alkanes) is 3. The zero-order valence-corrected chi connectivity index (χ0v) is 16.7. The molecular formula is C22H33FO5. The standard InChI is InChI=1S/C22H33FO5/c1-2-21(25)17(8-5-3-4-6-11-22(26)27)9-7-10-19(24)16-28-20-14-12-18(23)13-15-20/h12-15,17,19,24H,2-11,16H2,1H3,(H,26,27). The van der Waals surface area contributed by atoms with Gasteiger partial charge >= 0.3 is 5.97 Å². The van der Waals surface area contributed by atoms with Gasteiger partial charge in [0.05, 0.1) is 6.10 Å². The Morgan fingerprint density at radius 3 is 2.29 bits per heavy atom. The van der Waals surface area contributed by atoms with Crippen LogP contribution in [-0.2, 0) is 9.59 Å². The number of hydrogen-bond donors (Lipinski definition) is 2. The second kappa shape index (κ2) is 14.1. The molecule has 0 amide bonds. The number of halogens is 1. The minimum absolute atomic E-state index is 0.00897. The van der Waals surface area contributed by atoms with Crippen LogP contribution in [0.2, 0.25) is 0 Å². The Bertz CT molecular complexity index is 573. The highest BCUT2D eigenvalue weighted by Crippen LogP contribution is 2.21. The van der Waals surface area contributed by atoms with E-state index in [-0.39, 0.29) is 30.5 Å². The number of ether oxygens (including phenoxy) is 1. The van der Waals surface area contributed by atoms with Crippen LogP contribution in [0.4, 0.5) is 4.39 Å². The summed E-state index contributed by atoms with van der Waals surface area (Å²) in [6.45, 7) is 2.01. The van der Waals surface area contributed by atoms with Crippen LogP contribution in [0.5, 0.6) is 5.75 Å². The van der Waals surface area contributed by atoms with Gasteiger partial charge in [0.15, 0.2) is 0 Å². The molecule has 0 aromatic heterocycles. The Balaban J connectivity index is 2.23. The van der Waals surface area contributed by atoms with Crippen molar-refractivity contribution in [3.05, 3.63) is 30.1 Å². The van der Waals surface area contributed by atoms with Crippen LogP contribution in [0.15, 0.2) is 24.3 Å². The number of carbonyl (C=O) groups excluding carboxylic acids is 1. The van der Waals surface area contributed by atoms with E-state index in [4.69, 9.17) is 9.84 Å². The lowest BCUT2D eigenvalue weighted by molar-refractivity contribution is -0.137. The van der Waals surface area contributed by atoms with Crippen molar-refractivity contribution in [2.45, 2.75) is 77.2 Å². The minimum atomic E-state index is -0.763. The molecule has 5 nitrogen and oxygen atoms in total. The number of carboxylic acids is 1. The predicted molar refractivity (Wildman–Crippen MR) is 106 cm³/mol. The molecule has 0 bridgehead atoms. The molecule has 0 heterocycles. The Morgan fingerprint density at radius 2 is 1.64 bits per heavy atom. The zero-order valence-electron chi connectivity index (χ0n) is 16.7. The van der Waals surface area contributed by atoms with E-state index in [0.717, 1.165) is 38.5 Å². The first kappa shape index (κ1) is 24.1. The summed E-state index contributed by atoms with van der Waals surface area (Å²) in [6.07, 6.45) is 6.36. The fraction of sp³-hybridized carbons (Fsp3) is 0.636. The highest BCUT2D eigenvalue weighted by atomic mass is 19.1. The molecule has 1 aromatic carbocycles. The van der Waals surface area contributed by atoms with E-state index in [2.05, 4.69) is 0 Å². The summed E-state index contributed by atoms with van der Waals surface area (Å²) in [6, 6.07) is 5.66. The van der Waals surface area contributed by atoms with Gasteiger partial charge in [0.1, 0.15) is 24.0 Å². The lowest BCUT2D eigenvalue weighted by atomic mass is 9.89. The third-order valence-corrected chi connectivity index (χ3v) is 4.84. The van der Waals surface area contributed by atoms with Crippen molar-refractivity contribution >= 4 is 11.8 Å². The summed E-state index contributed by atoms with van der Waals surface area (Å²) in [7, 11) is 0. The number of Topliss-reactive ketones (excluding diaryl/α,β-unsaturated/α-hetero) is 1. The van der Waals surface area contributed by atoms with Gasteiger partial charge in [-0.15, -0.1) is 0 Å². The molecule has 2 N–H and O–H groups in total. The average molecular weight is 396 g/mol. The second-order valence-corrected chi connectivity index (χ2v) is 7.21. The van der Waals surface area contributed by atoms with Gasteiger partial charge in [-0.3, -0.25) is 9.59 Å². The monoisotopic (exact) mass is 396 g/mol. The van der Waals surface area contributed by atoms with Crippen LogP contribution in [0.25, 0.3) is 0 Å². The van der Waals surface area contributed by atoms with E-state index in [0.29, 0.717) is 25.0 Å². The van der Waals surface area contributed by atoms with Crippen LogP contribution in [0, 0.1) is 11.7 Å². The maximum absolute atomic E-state index is 12.8. The molecule has 1 rings (SSSR count). The molecule has 1 aromatic rings. The van der Waals surface area contributed by atoms with Gasteiger partial charge in [0, 0.05) is 18.8 Å². The third kappa shape index (κ3) is 11.0. The second-order valence-electron chi connectivity index (χ2n) is 7.21. The first-order valence-corrected chi connectivity index (χ1v) is 10.2. The van der Waals surface area contributed by atoms with Crippen LogP contribution < -0.4 is 4.74 Å². The molecule has 0 saturated heterocycles. The Labute approximate surface area is 166 Å². The van der Waals surface area contributed by atoms with Gasteiger partial charge in [-0.2, -0.15) is 0 Å². The summed E-state index contributed by atoms with van der Waals surface area (Å²) in [5.41, 5.74) is 0. The van der Waals surface area contributed by atoms with E-state index >= 15 is 0 Å². The number of aliphatic hydroxyl groups excluding tert-OH is 1. The molecule has 2 unspecified atom stereocenters. The van der Waals surface area contributed by atoms with Crippen molar-refractivity contribution < 1.29 is 28.9 Å². The highest BCUT2D eigenvalue weighted by Gasteiger charge is 2.17. The Morgan fingerprint density at radius 1 is 1.00 bits per heavy atom. The third-order valence-electron chi connectivity index (χ3n) is 4.84. The quantitative estimate of drug-likeness (QED) is 0.394. The van der Waals surface area contributed by atoms with E-state index < -0.39 is 12.1 Å². The van der Waals surface area contributed by atoms with Crippen molar-refractivity contribution in [1.82, 2.24) is 0 Å². The fourth-order valence-electron chi connectivity index (χ4n) is 3.18. The lowest BCUT2D eigenvalue weighted by Crippen LogP contribution is -2.19. The number of aliphatic carboxylic acids is 1. The molecule has 0 aliphatic heterocycles. The van der Waals surface area contributed by atoms with Crippen LogP contribution in [0.3, 0.4) is 0 Å². The van der Waals surface area contributed by atoms with Crippen LogP contribution in [-0.4, -0.2) is 34.7 Å². The molecule has 0 spiro atoms. The van der Waals surface area contributed by atoms with Crippen molar-refractivity contribution in [2.75, 3.05) is 6.61 Å². The topological polar surface area (TPSA) is 83.8 Å². The number of hydrogen-bond acceptors (Lipinski definition) is 4. The number of benzene rings is 1. The molecule has 2 atom stereocenters. The maximum Gasteiger partial charge on any atom is 0.303 e. The molecule has 0 aliphatic carbocycles. The Hall–Kier alpha value is -1.95. The van der Waals surface area contributed by atoms with E-state index in [1.807, 2.05) is 6.92 Å². The smallest absolute Gasteiger partial charge is 0.303 e. The van der Waals surface area contributed by atoms with Crippen molar-refractivity contribution in [3.8, 4) is 5.75 Å².